The van der Waals surface area contributed by atoms with E-state index in [1.165, 1.54) is 6.07 Å². The van der Waals surface area contributed by atoms with Gasteiger partial charge in [0.25, 0.3) is 5.17 Å². The number of nitrogens with two attached hydrogens (primary N) is 1. The van der Waals surface area contributed by atoms with E-state index in [-0.39, 0.29) is 22.2 Å². The number of nitrogens with zero attached hydrogens (tertiary/aromatic N) is 1. The highest BCUT2D eigenvalue weighted by molar-refractivity contribution is 7.80. The number of aromatic carboxylic acids is 1. The van der Waals surface area contributed by atoms with E-state index in [4.69, 9.17) is 27.8 Å². The fraction of sp³-hybridized carbons (Fsp3) is 0.143. The van der Waals surface area contributed by atoms with Crippen molar-refractivity contribution < 1.29 is 14.6 Å². The molecule has 1 aromatic rings. The predicted molar refractivity (Wildman–Crippen MR) is 83.0 cm³/mol. The third kappa shape index (κ3) is 3.83. The molecule has 0 amide bonds. The van der Waals surface area contributed by atoms with Crippen LogP contribution in [0.3, 0.4) is 0 Å². The molecule has 0 aliphatic rings. The number of carboxylic acid groups (broad SMARTS) is 1. The molecule has 0 saturated heterocycles. The lowest BCUT2D eigenvalue weighted by Crippen LogP contribution is -2.33. The summed E-state index contributed by atoms with van der Waals surface area (Å²) < 4.78 is 5.48. The fourth-order valence-electron chi connectivity index (χ4n) is 1.51. The molecule has 0 aliphatic carbocycles. The van der Waals surface area contributed by atoms with Gasteiger partial charge in [-0.3, -0.25) is 0 Å². The highest BCUT2D eigenvalue weighted by Crippen LogP contribution is 2.25. The van der Waals surface area contributed by atoms with Crippen LogP contribution in [0, 0.1) is 0 Å². The minimum absolute atomic E-state index is 0.0238. The van der Waals surface area contributed by atoms with Crippen molar-refractivity contribution in [2.75, 3.05) is 18.8 Å². The van der Waals surface area contributed by atoms with Gasteiger partial charge < -0.3 is 20.5 Å². The number of benzene rings is 1. The van der Waals surface area contributed by atoms with Gasteiger partial charge in [0.2, 0.25) is 0 Å². The van der Waals surface area contributed by atoms with Crippen LogP contribution in [0.5, 0.6) is 5.75 Å². The van der Waals surface area contributed by atoms with Crippen molar-refractivity contribution in [3.63, 3.8) is 0 Å². The van der Waals surface area contributed by atoms with Gasteiger partial charge in [-0.15, -0.1) is 13.2 Å². The lowest BCUT2D eigenvalue weighted by molar-refractivity contribution is 0.0698. The van der Waals surface area contributed by atoms with Crippen LogP contribution >= 0.6 is 12.2 Å². The molecule has 6 heteroatoms. The number of hydrogen-bond donors (Lipinski definition) is 2. The molecule has 0 bridgehead atoms. The molecule has 20 heavy (non-hydrogen) atoms. The molecule has 0 aromatic heterocycles. The Morgan fingerprint density at radius 1 is 1.40 bits per heavy atom. The largest absolute Gasteiger partial charge is 0.478 e. The standard InChI is InChI=1S/C14H16N2O3S/c1-3-8-16(9-4-2)14(20)19-11-7-5-6-10(12(11)15)13(17)18/h3-7H,1-2,8-9,15H2,(H,17,18). The van der Waals surface area contributed by atoms with Crippen molar-refractivity contribution in [2.45, 2.75) is 0 Å². The van der Waals surface area contributed by atoms with Gasteiger partial charge in [0.05, 0.1) is 11.3 Å². The number of anilines is 1. The molecule has 0 atom stereocenters. The van der Waals surface area contributed by atoms with Crippen LogP contribution in [-0.2, 0) is 0 Å². The van der Waals surface area contributed by atoms with E-state index in [1.807, 2.05) is 0 Å². The summed E-state index contributed by atoms with van der Waals surface area (Å²) in [6.45, 7) is 8.25. The van der Waals surface area contributed by atoms with Crippen LogP contribution in [-0.4, -0.2) is 34.2 Å². The van der Waals surface area contributed by atoms with Crippen LogP contribution in [0.15, 0.2) is 43.5 Å². The van der Waals surface area contributed by atoms with Gasteiger partial charge in [-0.25, -0.2) is 4.79 Å². The molecule has 0 saturated carbocycles. The molecule has 0 heterocycles. The van der Waals surface area contributed by atoms with Gasteiger partial charge in [0.15, 0.2) is 5.75 Å². The number of rotatable bonds is 6. The number of para-hydroxylation sites is 1. The van der Waals surface area contributed by atoms with Gasteiger partial charge in [0, 0.05) is 13.1 Å². The van der Waals surface area contributed by atoms with Crippen LogP contribution in [0.2, 0.25) is 0 Å². The maximum absolute atomic E-state index is 11.0. The number of hydrogen-bond acceptors (Lipinski definition) is 4. The number of carbonyl (C=O) groups is 1. The minimum Gasteiger partial charge on any atom is -0.478 e. The van der Waals surface area contributed by atoms with Gasteiger partial charge >= 0.3 is 5.97 Å². The summed E-state index contributed by atoms with van der Waals surface area (Å²) in [5.41, 5.74) is 5.77. The first-order chi connectivity index (χ1) is 9.51. The summed E-state index contributed by atoms with van der Waals surface area (Å²) in [7, 11) is 0. The first kappa shape index (κ1) is 15.7. The van der Waals surface area contributed by atoms with Crippen molar-refractivity contribution in [1.29, 1.82) is 0 Å². The number of thiocarbonyl (C=S) groups is 1. The number of carboxylic acids is 1. The Morgan fingerprint density at radius 2 is 2.00 bits per heavy atom. The van der Waals surface area contributed by atoms with Crippen molar-refractivity contribution in [3.05, 3.63) is 49.1 Å². The smallest absolute Gasteiger partial charge is 0.337 e. The molecule has 1 aromatic carbocycles. The molecule has 0 aliphatic heterocycles. The third-order valence-corrected chi connectivity index (χ3v) is 2.79. The Balaban J connectivity index is 2.94. The first-order valence-electron chi connectivity index (χ1n) is 5.81. The maximum Gasteiger partial charge on any atom is 0.337 e. The molecule has 5 nitrogen and oxygen atoms in total. The van der Waals surface area contributed by atoms with Crippen molar-refractivity contribution in [3.8, 4) is 5.75 Å². The summed E-state index contributed by atoms with van der Waals surface area (Å²) in [5.74, 6) is -0.902. The molecule has 0 fully saturated rings. The van der Waals surface area contributed by atoms with E-state index in [0.29, 0.717) is 13.1 Å². The topological polar surface area (TPSA) is 75.8 Å². The average Bonchev–Trinajstić information content (AvgIpc) is 2.40. The normalized spacial score (nSPS) is 9.60. The molecule has 1 rings (SSSR count). The zero-order valence-electron chi connectivity index (χ0n) is 10.9. The summed E-state index contributed by atoms with van der Waals surface area (Å²) in [4.78, 5) is 12.7. The zero-order chi connectivity index (χ0) is 15.1. The molecule has 0 radical (unpaired) electrons. The minimum atomic E-state index is -1.12. The molecule has 3 N–H and O–H groups in total. The Labute approximate surface area is 122 Å². The molecular weight excluding hydrogens is 276 g/mol. The second-order valence-corrected chi connectivity index (χ2v) is 4.22. The molecule has 106 valence electrons. The lowest BCUT2D eigenvalue weighted by atomic mass is 10.1. The maximum atomic E-state index is 11.0. The number of nitrogen functional groups attached to an aromatic ring is 1. The van der Waals surface area contributed by atoms with Gasteiger partial charge in [0.1, 0.15) is 0 Å². The van der Waals surface area contributed by atoms with Crippen molar-refractivity contribution in [2.24, 2.45) is 0 Å². The van der Waals surface area contributed by atoms with Crippen LogP contribution < -0.4 is 10.5 Å². The van der Waals surface area contributed by atoms with Crippen molar-refractivity contribution in [1.82, 2.24) is 4.90 Å². The second-order valence-electron chi connectivity index (χ2n) is 3.87. The Hall–Kier alpha value is -2.34. The molecular formula is C14H16N2O3S. The number of ether oxygens (including phenoxy) is 1. The molecule has 0 unspecified atom stereocenters. The SMILES string of the molecule is C=CCN(CC=C)C(=S)Oc1cccc(C(=O)O)c1N. The predicted octanol–water partition coefficient (Wildman–Crippen LogP) is 2.30. The van der Waals surface area contributed by atoms with E-state index in [0.717, 1.165) is 0 Å². The molecule has 0 spiro atoms. The van der Waals surface area contributed by atoms with Gasteiger partial charge in [-0.2, -0.15) is 0 Å². The average molecular weight is 292 g/mol. The summed E-state index contributed by atoms with van der Waals surface area (Å²) >= 11 is 5.16. The van der Waals surface area contributed by atoms with E-state index in [2.05, 4.69) is 13.2 Å². The highest BCUT2D eigenvalue weighted by Gasteiger charge is 2.15. The van der Waals surface area contributed by atoms with Crippen LogP contribution in [0.4, 0.5) is 5.69 Å². The summed E-state index contributed by atoms with van der Waals surface area (Å²) in [5, 5.41) is 9.18. The lowest BCUT2D eigenvalue weighted by Gasteiger charge is -2.22. The highest BCUT2D eigenvalue weighted by atomic mass is 32.1. The Kier molecular flexibility index (Phi) is 5.74. The van der Waals surface area contributed by atoms with E-state index >= 15 is 0 Å². The summed E-state index contributed by atoms with van der Waals surface area (Å²) in [6, 6.07) is 4.51. The van der Waals surface area contributed by atoms with E-state index in [1.54, 1.807) is 29.2 Å². The first-order valence-corrected chi connectivity index (χ1v) is 6.22. The van der Waals surface area contributed by atoms with Gasteiger partial charge in [-0.05, 0) is 24.4 Å². The zero-order valence-corrected chi connectivity index (χ0v) is 11.7. The quantitative estimate of drug-likeness (QED) is 0.476. The van der Waals surface area contributed by atoms with Crippen LogP contribution in [0.25, 0.3) is 0 Å². The second kappa shape index (κ2) is 7.30. The summed E-state index contributed by atoms with van der Waals surface area (Å²) in [6.07, 6.45) is 3.35. The van der Waals surface area contributed by atoms with Gasteiger partial charge in [-0.1, -0.05) is 18.2 Å². The van der Waals surface area contributed by atoms with Crippen LogP contribution in [0.1, 0.15) is 10.4 Å². The Bertz CT molecular complexity index is 533. The van der Waals surface area contributed by atoms with E-state index in [9.17, 15) is 4.79 Å². The monoisotopic (exact) mass is 292 g/mol. The Morgan fingerprint density at radius 3 is 2.50 bits per heavy atom. The fourth-order valence-corrected chi connectivity index (χ4v) is 1.75. The third-order valence-electron chi connectivity index (χ3n) is 2.45. The van der Waals surface area contributed by atoms with E-state index < -0.39 is 5.97 Å². The van der Waals surface area contributed by atoms with Crippen molar-refractivity contribution >= 4 is 29.0 Å².